The Morgan fingerprint density at radius 2 is 1.87 bits per heavy atom. The van der Waals surface area contributed by atoms with E-state index in [2.05, 4.69) is 9.88 Å². The lowest BCUT2D eigenvalue weighted by atomic mass is 9.97. The number of halogens is 2. The largest absolute Gasteiger partial charge is 0.471 e. The molecule has 0 bridgehead atoms. The molecular weight excluding hydrogens is 435 g/mol. The second kappa shape index (κ2) is 9.88. The number of ether oxygens (including phenoxy) is 1. The van der Waals surface area contributed by atoms with Crippen molar-refractivity contribution >= 4 is 28.9 Å². The summed E-state index contributed by atoms with van der Waals surface area (Å²) in [4.78, 5) is 6.45. The van der Waals surface area contributed by atoms with Gasteiger partial charge in [-0.3, -0.25) is 0 Å². The molecule has 2 heterocycles. The lowest BCUT2D eigenvalue weighted by Crippen LogP contribution is -2.26. The number of hydrogen-bond acceptors (Lipinski definition) is 5. The third-order valence-corrected chi connectivity index (χ3v) is 6.01. The van der Waals surface area contributed by atoms with Crippen LogP contribution < -0.4 is 9.64 Å². The summed E-state index contributed by atoms with van der Waals surface area (Å²) in [6, 6.07) is 16.6. The average Bonchev–Trinajstić information content (AvgIpc) is 3.24. The van der Waals surface area contributed by atoms with Crippen molar-refractivity contribution in [2.75, 3.05) is 24.6 Å². The maximum atomic E-state index is 10.8. The van der Waals surface area contributed by atoms with Crippen LogP contribution in [0, 0.1) is 0 Å². The molecule has 0 radical (unpaired) electrons. The van der Waals surface area contributed by atoms with Crippen LogP contribution in [-0.4, -0.2) is 41.0 Å². The molecule has 0 saturated carbocycles. The Labute approximate surface area is 191 Å². The van der Waals surface area contributed by atoms with Crippen molar-refractivity contribution in [2.24, 2.45) is 0 Å². The molecule has 4 rings (SSSR count). The third kappa shape index (κ3) is 5.13. The second-order valence-corrected chi connectivity index (χ2v) is 8.42. The Balaban J connectivity index is 1.51. The minimum Gasteiger partial charge on any atom is -0.471 e. The van der Waals surface area contributed by atoms with Crippen molar-refractivity contribution in [2.45, 2.75) is 25.0 Å². The van der Waals surface area contributed by atoms with Gasteiger partial charge in [0, 0.05) is 36.5 Å². The Morgan fingerprint density at radius 3 is 2.61 bits per heavy atom. The number of nitrogens with zero attached hydrogens (tertiary/aromatic N) is 2. The van der Waals surface area contributed by atoms with Crippen molar-refractivity contribution in [3.8, 4) is 5.88 Å². The van der Waals surface area contributed by atoms with Gasteiger partial charge in [0.15, 0.2) is 0 Å². The van der Waals surface area contributed by atoms with Crippen LogP contribution in [0.5, 0.6) is 5.88 Å². The van der Waals surface area contributed by atoms with Crippen LogP contribution >= 0.6 is 23.2 Å². The molecule has 162 valence electrons. The molecule has 2 unspecified atom stereocenters. The number of pyridine rings is 1. The minimum atomic E-state index is -0.760. The molecule has 2 N–H and O–H groups in total. The predicted octanol–water partition coefficient (Wildman–Crippen LogP) is 4.66. The molecule has 5 nitrogen and oxygen atoms in total. The van der Waals surface area contributed by atoms with Gasteiger partial charge in [0.25, 0.3) is 0 Å². The molecule has 31 heavy (non-hydrogen) atoms. The van der Waals surface area contributed by atoms with Gasteiger partial charge in [-0.25, -0.2) is 4.98 Å². The van der Waals surface area contributed by atoms with E-state index in [9.17, 15) is 10.2 Å². The van der Waals surface area contributed by atoms with Gasteiger partial charge in [-0.1, -0.05) is 47.5 Å². The second-order valence-electron chi connectivity index (χ2n) is 7.58. The van der Waals surface area contributed by atoms with E-state index in [1.54, 1.807) is 30.5 Å². The molecule has 1 aliphatic rings. The lowest BCUT2D eigenvalue weighted by Gasteiger charge is -2.24. The van der Waals surface area contributed by atoms with Crippen LogP contribution in [0.1, 0.15) is 29.2 Å². The van der Waals surface area contributed by atoms with Gasteiger partial charge in [0.2, 0.25) is 5.88 Å². The van der Waals surface area contributed by atoms with Crippen LogP contribution in [-0.2, 0) is 6.42 Å². The molecule has 0 spiro atoms. The van der Waals surface area contributed by atoms with Gasteiger partial charge in [-0.05, 0) is 53.4 Å². The topological polar surface area (TPSA) is 65.8 Å². The summed E-state index contributed by atoms with van der Waals surface area (Å²) in [5.74, 6) is 0.452. The first-order valence-electron chi connectivity index (χ1n) is 10.2. The van der Waals surface area contributed by atoms with Crippen molar-refractivity contribution in [1.29, 1.82) is 0 Å². The smallest absolute Gasteiger partial charge is 0.232 e. The van der Waals surface area contributed by atoms with Crippen LogP contribution in [0.2, 0.25) is 10.0 Å². The molecule has 0 aliphatic carbocycles. The van der Waals surface area contributed by atoms with Gasteiger partial charge in [-0.15, -0.1) is 0 Å². The van der Waals surface area contributed by atoms with Gasteiger partial charge < -0.3 is 19.8 Å². The van der Waals surface area contributed by atoms with E-state index < -0.39 is 6.10 Å². The molecule has 1 aromatic heterocycles. The average molecular weight is 459 g/mol. The van der Waals surface area contributed by atoms with Crippen molar-refractivity contribution < 1.29 is 14.9 Å². The lowest BCUT2D eigenvalue weighted by molar-refractivity contribution is 0.216. The molecule has 2 atom stereocenters. The quantitative estimate of drug-likeness (QED) is 0.538. The molecule has 1 aliphatic heterocycles. The summed E-state index contributed by atoms with van der Waals surface area (Å²) in [5, 5.41) is 21.5. The molecule has 2 aromatic carbocycles. The molecule has 1 fully saturated rings. The number of aliphatic hydroxyl groups is 2. The van der Waals surface area contributed by atoms with Crippen LogP contribution in [0.4, 0.5) is 5.69 Å². The fourth-order valence-electron chi connectivity index (χ4n) is 3.90. The first-order chi connectivity index (χ1) is 15.0. The highest BCUT2D eigenvalue weighted by molar-refractivity contribution is 6.31. The summed E-state index contributed by atoms with van der Waals surface area (Å²) in [6.45, 7) is 1.56. The van der Waals surface area contributed by atoms with Gasteiger partial charge in [0.05, 0.1) is 6.54 Å². The normalized spacial score (nSPS) is 17.0. The number of aromatic nitrogens is 1. The summed E-state index contributed by atoms with van der Waals surface area (Å²) in [7, 11) is 0. The minimum absolute atomic E-state index is 0.0197. The molecular formula is C24H24Cl2N2O3. The number of hydrogen-bond donors (Lipinski definition) is 2. The predicted molar refractivity (Wildman–Crippen MR) is 123 cm³/mol. The van der Waals surface area contributed by atoms with Gasteiger partial charge >= 0.3 is 0 Å². The van der Waals surface area contributed by atoms with E-state index in [4.69, 9.17) is 27.9 Å². The number of rotatable bonds is 7. The van der Waals surface area contributed by atoms with Crippen LogP contribution in [0.15, 0.2) is 60.8 Å². The summed E-state index contributed by atoms with van der Waals surface area (Å²) < 4.78 is 6.00. The summed E-state index contributed by atoms with van der Waals surface area (Å²) in [5.41, 5.74) is 3.58. The van der Waals surface area contributed by atoms with Gasteiger partial charge in [0.1, 0.15) is 17.2 Å². The fourth-order valence-corrected chi connectivity index (χ4v) is 4.19. The highest BCUT2D eigenvalue weighted by Crippen LogP contribution is 2.32. The molecule has 0 amide bonds. The fraction of sp³-hybridized carbons (Fsp3) is 0.292. The first kappa shape index (κ1) is 21.9. The van der Waals surface area contributed by atoms with E-state index >= 15 is 0 Å². The molecule has 7 heteroatoms. The van der Waals surface area contributed by atoms with Crippen molar-refractivity contribution in [3.63, 3.8) is 0 Å². The van der Waals surface area contributed by atoms with Crippen molar-refractivity contribution in [3.05, 3.63) is 87.5 Å². The standard InChI is InChI=1S/C24H24Cl2N2O3/c25-19-6-3-16(4-7-19)23(30)18-5-8-22(17(14-18)10-13-29)28-12-9-20(15-28)31-24-21(26)2-1-11-27-24/h1-8,11,14,20,23,29-30H,9-10,12-13,15H2. The van der Waals surface area contributed by atoms with E-state index in [1.807, 2.05) is 30.3 Å². The van der Waals surface area contributed by atoms with E-state index in [-0.39, 0.29) is 12.7 Å². The summed E-state index contributed by atoms with van der Waals surface area (Å²) >= 11 is 12.1. The zero-order chi connectivity index (χ0) is 21.8. The highest BCUT2D eigenvalue weighted by atomic mass is 35.5. The Kier molecular flexibility index (Phi) is 6.98. The van der Waals surface area contributed by atoms with E-state index in [1.165, 1.54) is 0 Å². The van der Waals surface area contributed by atoms with Crippen LogP contribution in [0.3, 0.4) is 0 Å². The number of aliphatic hydroxyl groups excluding tert-OH is 2. The number of anilines is 1. The van der Waals surface area contributed by atoms with E-state index in [0.29, 0.717) is 28.9 Å². The number of benzene rings is 2. The monoisotopic (exact) mass is 458 g/mol. The summed E-state index contributed by atoms with van der Waals surface area (Å²) in [6.07, 6.45) is 2.24. The maximum absolute atomic E-state index is 10.8. The third-order valence-electron chi connectivity index (χ3n) is 5.47. The Hall–Kier alpha value is -2.31. The molecule has 3 aromatic rings. The maximum Gasteiger partial charge on any atom is 0.232 e. The first-order valence-corrected chi connectivity index (χ1v) is 11.0. The van der Waals surface area contributed by atoms with Crippen molar-refractivity contribution in [1.82, 2.24) is 4.98 Å². The van der Waals surface area contributed by atoms with Gasteiger partial charge in [-0.2, -0.15) is 0 Å². The molecule has 1 saturated heterocycles. The van der Waals surface area contributed by atoms with Crippen LogP contribution in [0.25, 0.3) is 0 Å². The Morgan fingerprint density at radius 1 is 1.10 bits per heavy atom. The van der Waals surface area contributed by atoms with E-state index in [0.717, 1.165) is 35.3 Å². The zero-order valence-electron chi connectivity index (χ0n) is 16.9. The highest BCUT2D eigenvalue weighted by Gasteiger charge is 2.27. The SMILES string of the molecule is OCCc1cc(C(O)c2ccc(Cl)cc2)ccc1N1CCC(Oc2ncccc2Cl)C1. The zero-order valence-corrected chi connectivity index (χ0v) is 18.4. The Bertz CT molecular complexity index is 1030.